The van der Waals surface area contributed by atoms with Crippen LogP contribution < -0.4 is 5.32 Å². The van der Waals surface area contributed by atoms with Gasteiger partial charge in [-0.3, -0.25) is 9.88 Å². The van der Waals surface area contributed by atoms with Gasteiger partial charge in [0, 0.05) is 38.4 Å². The molecule has 2 unspecified atom stereocenters. The Labute approximate surface area is 121 Å². The number of rotatable bonds is 5. The molecule has 2 atom stereocenters. The van der Waals surface area contributed by atoms with E-state index in [-0.39, 0.29) is 0 Å². The van der Waals surface area contributed by atoms with E-state index in [0.29, 0.717) is 12.2 Å². The van der Waals surface area contributed by atoms with Gasteiger partial charge in [-0.05, 0) is 38.3 Å². The van der Waals surface area contributed by atoms with Crippen LogP contribution in [0.2, 0.25) is 0 Å². The second kappa shape index (κ2) is 6.20. The molecule has 1 saturated carbocycles. The van der Waals surface area contributed by atoms with Gasteiger partial charge in [-0.15, -0.1) is 0 Å². The van der Waals surface area contributed by atoms with Crippen LogP contribution in [0.15, 0.2) is 18.3 Å². The fraction of sp³-hybridized carbons (Fsp3) is 0.688. The number of nitrogens with zero attached hydrogens (tertiary/aromatic N) is 2. The Bertz CT molecular complexity index is 420. The Morgan fingerprint density at radius 3 is 2.60 bits per heavy atom. The fourth-order valence-corrected chi connectivity index (χ4v) is 2.85. The molecule has 1 aromatic heterocycles. The lowest BCUT2D eigenvalue weighted by molar-refractivity contribution is -0.0707. The number of hydrogen-bond donors (Lipinski definition) is 1. The van der Waals surface area contributed by atoms with E-state index in [4.69, 9.17) is 4.74 Å². The standard InChI is InChI=1S/C16H25N3O/c1-12-9-19(10-13(2)20-12)11-16-4-3-14(8-18-16)7-17-15-5-6-15/h3-4,8,12-13,15,17H,5-7,9-11H2,1-2H3. The number of nitrogens with one attached hydrogen (secondary N) is 1. The maximum Gasteiger partial charge on any atom is 0.0678 e. The highest BCUT2D eigenvalue weighted by molar-refractivity contribution is 5.14. The summed E-state index contributed by atoms with van der Waals surface area (Å²) in [5.41, 5.74) is 2.44. The summed E-state index contributed by atoms with van der Waals surface area (Å²) in [6.45, 7) is 8.15. The number of hydrogen-bond acceptors (Lipinski definition) is 4. The first kappa shape index (κ1) is 14.0. The van der Waals surface area contributed by atoms with Crippen LogP contribution >= 0.6 is 0 Å². The molecule has 2 heterocycles. The van der Waals surface area contributed by atoms with Crippen molar-refractivity contribution in [2.45, 2.75) is 58.0 Å². The molecule has 1 aliphatic heterocycles. The lowest BCUT2D eigenvalue weighted by Crippen LogP contribution is -2.44. The summed E-state index contributed by atoms with van der Waals surface area (Å²) in [4.78, 5) is 7.03. The van der Waals surface area contributed by atoms with Gasteiger partial charge in [-0.2, -0.15) is 0 Å². The summed E-state index contributed by atoms with van der Waals surface area (Å²) in [5, 5.41) is 3.52. The van der Waals surface area contributed by atoms with E-state index in [1.807, 2.05) is 6.20 Å². The van der Waals surface area contributed by atoms with Crippen molar-refractivity contribution in [3.63, 3.8) is 0 Å². The highest BCUT2D eigenvalue weighted by Crippen LogP contribution is 2.19. The third kappa shape index (κ3) is 4.01. The quantitative estimate of drug-likeness (QED) is 0.891. The van der Waals surface area contributed by atoms with Crippen molar-refractivity contribution in [3.8, 4) is 0 Å². The lowest BCUT2D eigenvalue weighted by atomic mass is 10.2. The van der Waals surface area contributed by atoms with Crippen molar-refractivity contribution < 1.29 is 4.74 Å². The van der Waals surface area contributed by atoms with Gasteiger partial charge in [0.15, 0.2) is 0 Å². The minimum absolute atomic E-state index is 0.320. The van der Waals surface area contributed by atoms with Crippen LogP contribution in [0.4, 0.5) is 0 Å². The summed E-state index contributed by atoms with van der Waals surface area (Å²) in [5.74, 6) is 0. The molecule has 4 heteroatoms. The van der Waals surface area contributed by atoms with Gasteiger partial charge in [-0.1, -0.05) is 6.07 Å². The molecule has 2 aliphatic rings. The third-order valence-corrected chi connectivity index (χ3v) is 3.94. The molecule has 0 amide bonds. The van der Waals surface area contributed by atoms with Crippen LogP contribution in [0.5, 0.6) is 0 Å². The average molecular weight is 275 g/mol. The predicted molar refractivity (Wildman–Crippen MR) is 79.4 cm³/mol. The number of morpholine rings is 1. The van der Waals surface area contributed by atoms with Crippen LogP contribution in [0, 0.1) is 0 Å². The van der Waals surface area contributed by atoms with E-state index in [2.05, 4.69) is 41.2 Å². The molecule has 0 radical (unpaired) electrons. The zero-order valence-electron chi connectivity index (χ0n) is 12.5. The van der Waals surface area contributed by atoms with Crippen molar-refractivity contribution in [2.24, 2.45) is 0 Å². The molecule has 4 nitrogen and oxygen atoms in total. The summed E-state index contributed by atoms with van der Waals surface area (Å²) in [6.07, 6.45) is 5.32. The number of aromatic nitrogens is 1. The summed E-state index contributed by atoms with van der Waals surface area (Å²) < 4.78 is 5.76. The van der Waals surface area contributed by atoms with Crippen molar-refractivity contribution >= 4 is 0 Å². The van der Waals surface area contributed by atoms with Crippen molar-refractivity contribution in [1.82, 2.24) is 15.2 Å². The maximum absolute atomic E-state index is 5.76. The maximum atomic E-state index is 5.76. The van der Waals surface area contributed by atoms with Crippen molar-refractivity contribution in [2.75, 3.05) is 13.1 Å². The van der Waals surface area contributed by atoms with Gasteiger partial charge in [0.1, 0.15) is 0 Å². The van der Waals surface area contributed by atoms with E-state index in [9.17, 15) is 0 Å². The Balaban J connectivity index is 1.51. The average Bonchev–Trinajstić information content (AvgIpc) is 3.21. The summed E-state index contributed by atoms with van der Waals surface area (Å²) in [6, 6.07) is 5.12. The molecule has 1 aromatic rings. The van der Waals surface area contributed by atoms with Crippen LogP contribution in [0.3, 0.4) is 0 Å². The molecule has 0 aromatic carbocycles. The van der Waals surface area contributed by atoms with Gasteiger partial charge in [0.25, 0.3) is 0 Å². The Morgan fingerprint density at radius 2 is 2.00 bits per heavy atom. The molecule has 1 N–H and O–H groups in total. The van der Waals surface area contributed by atoms with Crippen LogP contribution in [-0.4, -0.2) is 41.2 Å². The number of pyridine rings is 1. The molecule has 1 aliphatic carbocycles. The lowest BCUT2D eigenvalue weighted by Gasteiger charge is -2.35. The largest absolute Gasteiger partial charge is 0.373 e. The number of ether oxygens (including phenoxy) is 1. The molecule has 20 heavy (non-hydrogen) atoms. The van der Waals surface area contributed by atoms with E-state index in [1.165, 1.54) is 18.4 Å². The van der Waals surface area contributed by atoms with E-state index < -0.39 is 0 Å². The van der Waals surface area contributed by atoms with Gasteiger partial charge < -0.3 is 10.1 Å². The first-order valence-electron chi connectivity index (χ1n) is 7.74. The van der Waals surface area contributed by atoms with E-state index in [1.54, 1.807) is 0 Å². The Morgan fingerprint density at radius 1 is 1.25 bits per heavy atom. The summed E-state index contributed by atoms with van der Waals surface area (Å²) in [7, 11) is 0. The normalized spacial score (nSPS) is 27.7. The second-order valence-corrected chi connectivity index (χ2v) is 6.26. The Hall–Kier alpha value is -0.970. The van der Waals surface area contributed by atoms with Crippen LogP contribution in [0.25, 0.3) is 0 Å². The third-order valence-electron chi connectivity index (χ3n) is 3.94. The molecular formula is C16H25N3O. The van der Waals surface area contributed by atoms with E-state index >= 15 is 0 Å². The van der Waals surface area contributed by atoms with Gasteiger partial charge >= 0.3 is 0 Å². The predicted octanol–water partition coefficient (Wildman–Crippen LogP) is 1.94. The SMILES string of the molecule is CC1CN(Cc2ccc(CNC3CC3)cn2)CC(C)O1. The summed E-state index contributed by atoms with van der Waals surface area (Å²) >= 11 is 0. The minimum Gasteiger partial charge on any atom is -0.373 e. The van der Waals surface area contributed by atoms with Gasteiger partial charge in [0.05, 0.1) is 17.9 Å². The molecule has 0 bridgehead atoms. The zero-order valence-corrected chi connectivity index (χ0v) is 12.5. The topological polar surface area (TPSA) is 37.4 Å². The first-order chi connectivity index (χ1) is 9.69. The van der Waals surface area contributed by atoms with Crippen LogP contribution in [0.1, 0.15) is 37.9 Å². The zero-order chi connectivity index (χ0) is 13.9. The van der Waals surface area contributed by atoms with E-state index in [0.717, 1.165) is 37.9 Å². The fourth-order valence-electron chi connectivity index (χ4n) is 2.85. The van der Waals surface area contributed by atoms with Crippen LogP contribution in [-0.2, 0) is 17.8 Å². The minimum atomic E-state index is 0.320. The molecule has 110 valence electrons. The highest BCUT2D eigenvalue weighted by Gasteiger charge is 2.22. The van der Waals surface area contributed by atoms with Crippen molar-refractivity contribution in [1.29, 1.82) is 0 Å². The smallest absolute Gasteiger partial charge is 0.0678 e. The molecule has 1 saturated heterocycles. The monoisotopic (exact) mass is 275 g/mol. The molecular weight excluding hydrogens is 250 g/mol. The van der Waals surface area contributed by atoms with Gasteiger partial charge in [-0.25, -0.2) is 0 Å². The molecule has 0 spiro atoms. The second-order valence-electron chi connectivity index (χ2n) is 6.26. The molecule has 3 rings (SSSR count). The highest BCUT2D eigenvalue weighted by atomic mass is 16.5. The first-order valence-corrected chi connectivity index (χ1v) is 7.74. The van der Waals surface area contributed by atoms with Crippen molar-refractivity contribution in [3.05, 3.63) is 29.6 Å². The van der Waals surface area contributed by atoms with Gasteiger partial charge in [0.2, 0.25) is 0 Å². The Kier molecular flexibility index (Phi) is 4.34. The molecule has 2 fully saturated rings.